The molecule has 3 nitrogen and oxygen atoms in total. The Labute approximate surface area is 86.5 Å². The number of hydrogen-bond donors (Lipinski definition) is 2. The standard InChI is InChI=1S/C11H22N2O/c1-13(9-7-12-8-9)10-5-3-2-4-6-11(10)14/h9-12,14H,2-8H2,1H3. The summed E-state index contributed by atoms with van der Waals surface area (Å²) in [5.41, 5.74) is 0. The van der Waals surface area contributed by atoms with Crippen LogP contribution in [0.5, 0.6) is 0 Å². The van der Waals surface area contributed by atoms with Crippen LogP contribution in [0, 0.1) is 0 Å². The lowest BCUT2D eigenvalue weighted by Crippen LogP contribution is -2.60. The molecule has 2 aliphatic rings. The summed E-state index contributed by atoms with van der Waals surface area (Å²) in [7, 11) is 2.17. The highest BCUT2D eigenvalue weighted by Gasteiger charge is 2.31. The topological polar surface area (TPSA) is 35.5 Å². The number of likely N-dealkylation sites (N-methyl/N-ethyl adjacent to an activating group) is 1. The third kappa shape index (κ3) is 2.10. The average Bonchev–Trinajstić information content (AvgIpc) is 2.26. The zero-order valence-corrected chi connectivity index (χ0v) is 9.08. The van der Waals surface area contributed by atoms with Crippen molar-refractivity contribution in [3.8, 4) is 0 Å². The maximum Gasteiger partial charge on any atom is 0.0695 e. The van der Waals surface area contributed by atoms with E-state index in [9.17, 15) is 5.11 Å². The Morgan fingerprint density at radius 1 is 1.14 bits per heavy atom. The van der Waals surface area contributed by atoms with Gasteiger partial charge in [-0.1, -0.05) is 19.3 Å². The van der Waals surface area contributed by atoms with Gasteiger partial charge in [-0.15, -0.1) is 0 Å². The van der Waals surface area contributed by atoms with Crippen LogP contribution in [0.15, 0.2) is 0 Å². The lowest BCUT2D eigenvalue weighted by molar-refractivity contribution is 0.0226. The molecule has 0 amide bonds. The molecule has 0 aromatic heterocycles. The molecule has 0 radical (unpaired) electrons. The highest BCUT2D eigenvalue weighted by atomic mass is 16.3. The molecule has 82 valence electrons. The second kappa shape index (κ2) is 4.60. The van der Waals surface area contributed by atoms with E-state index in [1.54, 1.807) is 0 Å². The van der Waals surface area contributed by atoms with Crippen molar-refractivity contribution in [1.82, 2.24) is 10.2 Å². The zero-order valence-electron chi connectivity index (χ0n) is 9.08. The van der Waals surface area contributed by atoms with Crippen LogP contribution >= 0.6 is 0 Å². The minimum atomic E-state index is -0.0944. The molecule has 0 spiro atoms. The molecule has 2 fully saturated rings. The van der Waals surface area contributed by atoms with Crippen LogP contribution in [0.3, 0.4) is 0 Å². The molecule has 0 aromatic carbocycles. The van der Waals surface area contributed by atoms with Gasteiger partial charge in [0.15, 0.2) is 0 Å². The largest absolute Gasteiger partial charge is 0.391 e. The summed E-state index contributed by atoms with van der Waals surface area (Å²) in [6.07, 6.45) is 5.86. The Bertz CT molecular complexity index is 182. The van der Waals surface area contributed by atoms with E-state index in [4.69, 9.17) is 0 Å². The molecule has 1 aliphatic carbocycles. The van der Waals surface area contributed by atoms with E-state index in [0.29, 0.717) is 12.1 Å². The predicted octanol–water partition coefficient (Wildman–Crippen LogP) is 0.584. The second-order valence-electron chi connectivity index (χ2n) is 4.75. The number of nitrogens with zero attached hydrogens (tertiary/aromatic N) is 1. The van der Waals surface area contributed by atoms with Gasteiger partial charge >= 0.3 is 0 Å². The second-order valence-corrected chi connectivity index (χ2v) is 4.75. The molecule has 14 heavy (non-hydrogen) atoms. The summed E-state index contributed by atoms with van der Waals surface area (Å²) < 4.78 is 0. The van der Waals surface area contributed by atoms with Crippen molar-refractivity contribution < 1.29 is 5.11 Å². The van der Waals surface area contributed by atoms with E-state index in [1.807, 2.05) is 0 Å². The zero-order chi connectivity index (χ0) is 9.97. The summed E-state index contributed by atoms with van der Waals surface area (Å²) in [5.74, 6) is 0. The molecule has 1 aliphatic heterocycles. The Hall–Kier alpha value is -0.120. The monoisotopic (exact) mass is 198 g/mol. The predicted molar refractivity (Wildman–Crippen MR) is 57.3 cm³/mol. The lowest BCUT2D eigenvalue weighted by atomic mass is 10.0. The fraction of sp³-hybridized carbons (Fsp3) is 1.00. The summed E-state index contributed by atoms with van der Waals surface area (Å²) in [6, 6.07) is 1.07. The van der Waals surface area contributed by atoms with Crippen LogP contribution < -0.4 is 5.32 Å². The van der Waals surface area contributed by atoms with Gasteiger partial charge in [0.05, 0.1) is 6.10 Å². The minimum absolute atomic E-state index is 0.0944. The number of rotatable bonds is 2. The molecule has 3 heteroatoms. The van der Waals surface area contributed by atoms with E-state index in [0.717, 1.165) is 19.5 Å². The molecular formula is C11H22N2O. The molecule has 0 bridgehead atoms. The van der Waals surface area contributed by atoms with Crippen molar-refractivity contribution in [2.75, 3.05) is 20.1 Å². The first-order valence-corrected chi connectivity index (χ1v) is 5.90. The molecule has 2 atom stereocenters. The lowest BCUT2D eigenvalue weighted by Gasteiger charge is -2.41. The number of aliphatic hydroxyl groups excluding tert-OH is 1. The molecule has 1 saturated carbocycles. The molecule has 1 heterocycles. The first kappa shape index (κ1) is 10.4. The summed E-state index contributed by atoms with van der Waals surface area (Å²) >= 11 is 0. The highest BCUT2D eigenvalue weighted by molar-refractivity contribution is 4.90. The van der Waals surface area contributed by atoms with E-state index in [2.05, 4.69) is 17.3 Å². The van der Waals surface area contributed by atoms with Crippen molar-refractivity contribution in [2.24, 2.45) is 0 Å². The molecular weight excluding hydrogens is 176 g/mol. The van der Waals surface area contributed by atoms with Crippen LogP contribution in [0.1, 0.15) is 32.1 Å². The van der Waals surface area contributed by atoms with E-state index in [-0.39, 0.29) is 6.10 Å². The van der Waals surface area contributed by atoms with Crippen LogP contribution in [0.4, 0.5) is 0 Å². The Morgan fingerprint density at radius 2 is 1.86 bits per heavy atom. The van der Waals surface area contributed by atoms with Gasteiger partial charge in [0, 0.05) is 25.2 Å². The van der Waals surface area contributed by atoms with Gasteiger partial charge in [-0.25, -0.2) is 0 Å². The van der Waals surface area contributed by atoms with Crippen molar-refractivity contribution >= 4 is 0 Å². The molecule has 0 aromatic rings. The normalized spacial score (nSPS) is 35.4. The number of aliphatic hydroxyl groups is 1. The molecule has 2 N–H and O–H groups in total. The van der Waals surface area contributed by atoms with Gasteiger partial charge in [0.1, 0.15) is 0 Å². The van der Waals surface area contributed by atoms with Crippen molar-refractivity contribution in [3.05, 3.63) is 0 Å². The van der Waals surface area contributed by atoms with E-state index >= 15 is 0 Å². The third-order valence-electron chi connectivity index (χ3n) is 3.80. The average molecular weight is 198 g/mol. The van der Waals surface area contributed by atoms with Crippen molar-refractivity contribution in [2.45, 2.75) is 50.3 Å². The summed E-state index contributed by atoms with van der Waals surface area (Å²) in [6.45, 7) is 2.19. The Balaban J connectivity index is 1.91. The van der Waals surface area contributed by atoms with Crippen LogP contribution in [0.25, 0.3) is 0 Å². The minimum Gasteiger partial charge on any atom is -0.391 e. The number of hydrogen-bond acceptors (Lipinski definition) is 3. The molecule has 1 saturated heterocycles. The highest BCUT2D eigenvalue weighted by Crippen LogP contribution is 2.23. The SMILES string of the molecule is CN(C1CNC1)C1CCCCCC1O. The summed E-state index contributed by atoms with van der Waals surface area (Å²) in [4.78, 5) is 2.40. The van der Waals surface area contributed by atoms with E-state index in [1.165, 1.54) is 25.7 Å². The Kier molecular flexibility index (Phi) is 3.42. The van der Waals surface area contributed by atoms with Crippen LogP contribution in [0.2, 0.25) is 0 Å². The fourth-order valence-corrected chi connectivity index (χ4v) is 2.58. The maximum absolute atomic E-state index is 10.0. The van der Waals surface area contributed by atoms with Gasteiger partial charge in [-0.05, 0) is 19.9 Å². The Morgan fingerprint density at radius 3 is 2.50 bits per heavy atom. The summed E-state index contributed by atoms with van der Waals surface area (Å²) in [5, 5.41) is 13.3. The van der Waals surface area contributed by atoms with Gasteiger partial charge in [-0.2, -0.15) is 0 Å². The van der Waals surface area contributed by atoms with Crippen LogP contribution in [-0.2, 0) is 0 Å². The first-order chi connectivity index (χ1) is 6.79. The first-order valence-electron chi connectivity index (χ1n) is 5.90. The molecule has 2 unspecified atom stereocenters. The van der Waals surface area contributed by atoms with Crippen LogP contribution in [-0.4, -0.2) is 48.3 Å². The van der Waals surface area contributed by atoms with Crippen molar-refractivity contribution in [1.29, 1.82) is 0 Å². The van der Waals surface area contributed by atoms with Gasteiger partial charge in [0.2, 0.25) is 0 Å². The fourth-order valence-electron chi connectivity index (χ4n) is 2.58. The van der Waals surface area contributed by atoms with Gasteiger partial charge in [-0.3, -0.25) is 4.90 Å². The maximum atomic E-state index is 10.0. The van der Waals surface area contributed by atoms with E-state index < -0.39 is 0 Å². The van der Waals surface area contributed by atoms with Crippen molar-refractivity contribution in [3.63, 3.8) is 0 Å². The van der Waals surface area contributed by atoms with Gasteiger partial charge in [0.25, 0.3) is 0 Å². The number of nitrogens with one attached hydrogen (secondary N) is 1. The quantitative estimate of drug-likeness (QED) is 0.637. The third-order valence-corrected chi connectivity index (χ3v) is 3.80. The smallest absolute Gasteiger partial charge is 0.0695 e. The molecule has 2 rings (SSSR count). The van der Waals surface area contributed by atoms with Gasteiger partial charge < -0.3 is 10.4 Å².